The van der Waals surface area contributed by atoms with E-state index < -0.39 is 0 Å². The molecule has 1 aliphatic heterocycles. The summed E-state index contributed by atoms with van der Waals surface area (Å²) in [6.45, 7) is 4.02. The summed E-state index contributed by atoms with van der Waals surface area (Å²) in [5.74, 6) is 1.28. The fourth-order valence-electron chi connectivity index (χ4n) is 2.19. The molecule has 2 unspecified atom stereocenters. The Morgan fingerprint density at radius 3 is 2.74 bits per heavy atom. The van der Waals surface area contributed by atoms with Crippen LogP contribution in [0.4, 0.5) is 10.5 Å². The van der Waals surface area contributed by atoms with Crippen molar-refractivity contribution in [1.29, 1.82) is 0 Å². The van der Waals surface area contributed by atoms with Gasteiger partial charge in [0.25, 0.3) is 0 Å². The number of benzene rings is 1. The van der Waals surface area contributed by atoms with Crippen LogP contribution in [-0.4, -0.2) is 32.3 Å². The maximum Gasteiger partial charge on any atom is 0.319 e. The molecule has 0 radical (unpaired) electrons. The van der Waals surface area contributed by atoms with Crippen molar-refractivity contribution < 1.29 is 9.53 Å². The number of rotatable bonds is 3. The average Bonchev–Trinajstić information content (AvgIpc) is 2.42. The van der Waals surface area contributed by atoms with E-state index in [1.54, 1.807) is 7.11 Å². The summed E-state index contributed by atoms with van der Waals surface area (Å²) < 4.78 is 5.07. The number of carbonyl (C=O) groups excluding carboxylic acids is 1. The van der Waals surface area contributed by atoms with Crippen LogP contribution in [-0.2, 0) is 0 Å². The van der Waals surface area contributed by atoms with Crippen molar-refractivity contribution in [2.45, 2.75) is 19.4 Å². The van der Waals surface area contributed by atoms with E-state index in [0.717, 1.165) is 30.9 Å². The van der Waals surface area contributed by atoms with E-state index in [9.17, 15) is 4.79 Å². The summed E-state index contributed by atoms with van der Waals surface area (Å²) in [5.41, 5.74) is 0.759. The molecule has 1 fully saturated rings. The van der Waals surface area contributed by atoms with Gasteiger partial charge in [0.1, 0.15) is 5.75 Å². The van der Waals surface area contributed by atoms with Crippen LogP contribution in [0, 0.1) is 5.92 Å². The van der Waals surface area contributed by atoms with Gasteiger partial charge in [0.05, 0.1) is 7.11 Å². The van der Waals surface area contributed by atoms with Gasteiger partial charge in [-0.3, -0.25) is 0 Å². The third kappa shape index (κ3) is 3.86. The predicted octanol–water partition coefficient (Wildman–Crippen LogP) is 1.81. The van der Waals surface area contributed by atoms with Crippen molar-refractivity contribution in [3.05, 3.63) is 24.3 Å². The summed E-state index contributed by atoms with van der Waals surface area (Å²) in [6, 6.07) is 7.31. The lowest BCUT2D eigenvalue weighted by Gasteiger charge is -2.30. The van der Waals surface area contributed by atoms with Crippen LogP contribution in [0.1, 0.15) is 13.3 Å². The minimum atomic E-state index is -0.161. The number of urea groups is 1. The van der Waals surface area contributed by atoms with Crippen LogP contribution >= 0.6 is 0 Å². The van der Waals surface area contributed by atoms with Crippen LogP contribution in [0.3, 0.4) is 0 Å². The van der Waals surface area contributed by atoms with Gasteiger partial charge in [-0.25, -0.2) is 4.79 Å². The molecule has 0 aromatic heterocycles. The number of nitrogens with one attached hydrogen (secondary N) is 3. The molecule has 0 aliphatic carbocycles. The Labute approximate surface area is 113 Å². The van der Waals surface area contributed by atoms with E-state index in [0.29, 0.717) is 5.92 Å². The molecule has 2 rings (SSSR count). The van der Waals surface area contributed by atoms with Gasteiger partial charge in [0, 0.05) is 18.3 Å². The van der Waals surface area contributed by atoms with Crippen molar-refractivity contribution >= 4 is 11.7 Å². The van der Waals surface area contributed by atoms with Crippen molar-refractivity contribution in [2.24, 2.45) is 5.92 Å². The Morgan fingerprint density at radius 2 is 2.11 bits per heavy atom. The van der Waals surface area contributed by atoms with Gasteiger partial charge < -0.3 is 20.7 Å². The molecule has 5 heteroatoms. The third-order valence-electron chi connectivity index (χ3n) is 3.49. The van der Waals surface area contributed by atoms with E-state index in [-0.39, 0.29) is 12.1 Å². The third-order valence-corrected chi connectivity index (χ3v) is 3.49. The normalized spacial score (nSPS) is 22.6. The van der Waals surface area contributed by atoms with Gasteiger partial charge in [-0.2, -0.15) is 0 Å². The average molecular weight is 263 g/mol. The maximum absolute atomic E-state index is 11.9. The molecule has 2 atom stereocenters. The summed E-state index contributed by atoms with van der Waals surface area (Å²) in [7, 11) is 1.62. The highest BCUT2D eigenvalue weighted by Crippen LogP contribution is 2.15. The zero-order valence-electron chi connectivity index (χ0n) is 11.4. The second-order valence-electron chi connectivity index (χ2n) is 4.90. The topological polar surface area (TPSA) is 62.4 Å². The predicted molar refractivity (Wildman–Crippen MR) is 75.6 cm³/mol. The first kappa shape index (κ1) is 13.7. The minimum absolute atomic E-state index is 0.161. The highest BCUT2D eigenvalue weighted by atomic mass is 16.5. The Morgan fingerprint density at radius 1 is 1.37 bits per heavy atom. The quantitative estimate of drug-likeness (QED) is 0.779. The number of ether oxygens (including phenoxy) is 1. The van der Waals surface area contributed by atoms with Crippen molar-refractivity contribution in [3.8, 4) is 5.75 Å². The summed E-state index contributed by atoms with van der Waals surface area (Å²) >= 11 is 0. The van der Waals surface area contributed by atoms with Crippen LogP contribution in [0.15, 0.2) is 24.3 Å². The Bertz CT molecular complexity index is 419. The molecule has 0 spiro atoms. The molecule has 5 nitrogen and oxygen atoms in total. The molecule has 19 heavy (non-hydrogen) atoms. The monoisotopic (exact) mass is 263 g/mol. The number of amides is 2. The Kier molecular flexibility index (Phi) is 4.63. The Hall–Kier alpha value is -1.75. The van der Waals surface area contributed by atoms with Gasteiger partial charge in [0.15, 0.2) is 0 Å². The van der Waals surface area contributed by atoms with Gasteiger partial charge >= 0.3 is 6.03 Å². The second-order valence-corrected chi connectivity index (χ2v) is 4.90. The number of anilines is 1. The van der Waals surface area contributed by atoms with Gasteiger partial charge in [-0.05, 0) is 43.1 Å². The van der Waals surface area contributed by atoms with Crippen LogP contribution in [0.25, 0.3) is 0 Å². The van der Waals surface area contributed by atoms with Gasteiger partial charge in [0.2, 0.25) is 0 Å². The number of hydrogen-bond donors (Lipinski definition) is 3. The standard InChI is InChI=1S/C14H21N3O2/c1-10-7-8-15-9-13(10)17-14(18)16-11-3-5-12(19-2)6-4-11/h3-6,10,13,15H,7-9H2,1-2H3,(H2,16,17,18). The smallest absolute Gasteiger partial charge is 0.319 e. The lowest BCUT2D eigenvalue weighted by Crippen LogP contribution is -2.51. The zero-order valence-corrected chi connectivity index (χ0v) is 11.4. The van der Waals surface area contributed by atoms with E-state index in [1.807, 2.05) is 24.3 Å². The lowest BCUT2D eigenvalue weighted by atomic mass is 9.95. The molecule has 104 valence electrons. The molecular weight excluding hydrogens is 242 g/mol. The fourth-order valence-corrected chi connectivity index (χ4v) is 2.19. The van der Waals surface area contributed by atoms with Crippen LogP contribution in [0.5, 0.6) is 5.75 Å². The minimum Gasteiger partial charge on any atom is -0.497 e. The lowest BCUT2D eigenvalue weighted by molar-refractivity contribution is 0.236. The molecule has 1 saturated heterocycles. The van der Waals surface area contributed by atoms with E-state index in [2.05, 4.69) is 22.9 Å². The van der Waals surface area contributed by atoms with E-state index >= 15 is 0 Å². The SMILES string of the molecule is COc1ccc(NC(=O)NC2CNCCC2C)cc1. The Balaban J connectivity index is 1.86. The summed E-state index contributed by atoms with van der Waals surface area (Å²) in [6.07, 6.45) is 1.09. The van der Waals surface area contributed by atoms with Gasteiger partial charge in [-0.15, -0.1) is 0 Å². The first-order valence-corrected chi connectivity index (χ1v) is 6.61. The highest BCUT2D eigenvalue weighted by Gasteiger charge is 2.22. The first-order valence-electron chi connectivity index (χ1n) is 6.61. The second kappa shape index (κ2) is 6.43. The molecule has 1 aromatic rings. The summed E-state index contributed by atoms with van der Waals surface area (Å²) in [4.78, 5) is 11.9. The molecule has 0 saturated carbocycles. The number of carbonyl (C=O) groups is 1. The molecule has 1 aliphatic rings. The van der Waals surface area contributed by atoms with Crippen LogP contribution < -0.4 is 20.7 Å². The molecule has 3 N–H and O–H groups in total. The molecule has 1 heterocycles. The number of hydrogen-bond acceptors (Lipinski definition) is 3. The number of methoxy groups -OCH3 is 1. The van der Waals surface area contributed by atoms with E-state index in [4.69, 9.17) is 4.74 Å². The molecule has 0 bridgehead atoms. The van der Waals surface area contributed by atoms with E-state index in [1.165, 1.54) is 0 Å². The molecule has 2 amide bonds. The van der Waals surface area contributed by atoms with Crippen LogP contribution in [0.2, 0.25) is 0 Å². The van der Waals surface area contributed by atoms with Gasteiger partial charge in [-0.1, -0.05) is 6.92 Å². The summed E-state index contributed by atoms with van der Waals surface area (Å²) in [5, 5.41) is 9.12. The first-order chi connectivity index (χ1) is 9.19. The van der Waals surface area contributed by atoms with Crippen molar-refractivity contribution in [2.75, 3.05) is 25.5 Å². The fraction of sp³-hybridized carbons (Fsp3) is 0.500. The highest BCUT2D eigenvalue weighted by molar-refractivity contribution is 5.89. The maximum atomic E-state index is 11.9. The largest absolute Gasteiger partial charge is 0.497 e. The number of piperidine rings is 1. The zero-order chi connectivity index (χ0) is 13.7. The molecule has 1 aromatic carbocycles. The van der Waals surface area contributed by atoms with Crippen molar-refractivity contribution in [1.82, 2.24) is 10.6 Å². The molecular formula is C14H21N3O2. The van der Waals surface area contributed by atoms with Crippen molar-refractivity contribution in [3.63, 3.8) is 0 Å².